The summed E-state index contributed by atoms with van der Waals surface area (Å²) < 4.78 is 29.6. The summed E-state index contributed by atoms with van der Waals surface area (Å²) in [5, 5.41) is 0.641. The number of hydrogen-bond donors (Lipinski definition) is 0. The molecule has 2 aromatic carbocycles. The first kappa shape index (κ1) is 16.1. The second-order valence-electron chi connectivity index (χ2n) is 5.33. The molecular weight excluding hydrogens is 311 g/mol. The van der Waals surface area contributed by atoms with Crippen molar-refractivity contribution in [3.63, 3.8) is 0 Å². The molecule has 0 N–H and O–H groups in total. The lowest BCUT2D eigenvalue weighted by Gasteiger charge is -2.07. The SMILES string of the molecule is CCOC(=O)c1c(C)oc2ccc(OCc3cccc(F)c3)cc12. The highest BCUT2D eigenvalue weighted by atomic mass is 19.1. The third-order valence-corrected chi connectivity index (χ3v) is 3.61. The average Bonchev–Trinajstić information content (AvgIpc) is 2.88. The van der Waals surface area contributed by atoms with Gasteiger partial charge in [-0.2, -0.15) is 0 Å². The van der Waals surface area contributed by atoms with Crippen LogP contribution in [0.2, 0.25) is 0 Å². The molecule has 0 unspecified atom stereocenters. The van der Waals surface area contributed by atoms with Gasteiger partial charge in [0, 0.05) is 5.39 Å². The van der Waals surface area contributed by atoms with Gasteiger partial charge in [0.25, 0.3) is 0 Å². The Bertz CT molecular complexity index is 882. The number of carbonyl (C=O) groups excluding carboxylic acids is 1. The van der Waals surface area contributed by atoms with Gasteiger partial charge in [-0.15, -0.1) is 0 Å². The lowest BCUT2D eigenvalue weighted by atomic mass is 10.1. The molecule has 0 aliphatic heterocycles. The molecule has 0 spiro atoms. The van der Waals surface area contributed by atoms with Gasteiger partial charge in [0.15, 0.2) is 0 Å². The number of fused-ring (bicyclic) bond motifs is 1. The molecule has 0 saturated heterocycles. The number of hydrogen-bond acceptors (Lipinski definition) is 4. The molecule has 3 rings (SSSR count). The van der Waals surface area contributed by atoms with Crippen LogP contribution < -0.4 is 4.74 Å². The van der Waals surface area contributed by atoms with E-state index in [0.29, 0.717) is 34.6 Å². The minimum Gasteiger partial charge on any atom is -0.489 e. The van der Waals surface area contributed by atoms with Crippen molar-refractivity contribution in [2.75, 3.05) is 6.61 Å². The second-order valence-corrected chi connectivity index (χ2v) is 5.33. The molecule has 4 nitrogen and oxygen atoms in total. The number of halogens is 1. The fourth-order valence-electron chi connectivity index (χ4n) is 2.54. The number of benzene rings is 2. The van der Waals surface area contributed by atoms with Gasteiger partial charge in [-0.05, 0) is 49.7 Å². The standard InChI is InChI=1S/C19H17FO4/c1-3-22-19(21)18-12(2)24-17-8-7-15(10-16(17)18)23-11-13-5-4-6-14(20)9-13/h4-10H,3,11H2,1-2H3. The topological polar surface area (TPSA) is 48.7 Å². The fraction of sp³-hybridized carbons (Fsp3) is 0.211. The summed E-state index contributed by atoms with van der Waals surface area (Å²) >= 11 is 0. The summed E-state index contributed by atoms with van der Waals surface area (Å²) in [6.07, 6.45) is 0. The van der Waals surface area contributed by atoms with Crippen molar-refractivity contribution in [2.24, 2.45) is 0 Å². The normalized spacial score (nSPS) is 10.8. The van der Waals surface area contributed by atoms with Crippen molar-refractivity contribution >= 4 is 16.9 Å². The van der Waals surface area contributed by atoms with Crippen LogP contribution >= 0.6 is 0 Å². The molecule has 124 valence electrons. The molecule has 24 heavy (non-hydrogen) atoms. The number of furan rings is 1. The van der Waals surface area contributed by atoms with Crippen LogP contribution in [0.4, 0.5) is 4.39 Å². The highest BCUT2D eigenvalue weighted by Gasteiger charge is 2.19. The number of ether oxygens (including phenoxy) is 2. The lowest BCUT2D eigenvalue weighted by Crippen LogP contribution is -2.05. The molecular formula is C19H17FO4. The molecule has 1 aromatic heterocycles. The van der Waals surface area contributed by atoms with Crippen molar-refractivity contribution in [1.29, 1.82) is 0 Å². The minimum atomic E-state index is -0.420. The largest absolute Gasteiger partial charge is 0.489 e. The van der Waals surface area contributed by atoms with Gasteiger partial charge >= 0.3 is 5.97 Å². The van der Waals surface area contributed by atoms with E-state index in [2.05, 4.69) is 0 Å². The summed E-state index contributed by atoms with van der Waals surface area (Å²) in [6.45, 7) is 4.00. The van der Waals surface area contributed by atoms with E-state index in [-0.39, 0.29) is 12.4 Å². The van der Waals surface area contributed by atoms with E-state index >= 15 is 0 Å². The Morgan fingerprint density at radius 1 is 1.21 bits per heavy atom. The Kier molecular flexibility index (Phi) is 4.51. The third kappa shape index (κ3) is 3.25. The van der Waals surface area contributed by atoms with Crippen LogP contribution in [0.3, 0.4) is 0 Å². The van der Waals surface area contributed by atoms with E-state index in [1.54, 1.807) is 44.2 Å². The van der Waals surface area contributed by atoms with Gasteiger partial charge < -0.3 is 13.9 Å². The van der Waals surface area contributed by atoms with Crippen molar-refractivity contribution in [3.8, 4) is 5.75 Å². The first-order chi connectivity index (χ1) is 11.6. The maximum Gasteiger partial charge on any atom is 0.342 e. The molecule has 0 bridgehead atoms. The Morgan fingerprint density at radius 3 is 2.79 bits per heavy atom. The summed E-state index contributed by atoms with van der Waals surface area (Å²) in [7, 11) is 0. The predicted octanol–water partition coefficient (Wildman–Crippen LogP) is 4.64. The van der Waals surface area contributed by atoms with Crippen LogP contribution in [0.5, 0.6) is 5.75 Å². The van der Waals surface area contributed by atoms with Crippen LogP contribution in [0.15, 0.2) is 46.9 Å². The average molecular weight is 328 g/mol. The molecule has 0 amide bonds. The Labute approximate surface area is 138 Å². The van der Waals surface area contributed by atoms with Crippen LogP contribution in [-0.2, 0) is 11.3 Å². The summed E-state index contributed by atoms with van der Waals surface area (Å²) in [5.41, 5.74) is 1.72. The zero-order valence-corrected chi connectivity index (χ0v) is 13.5. The molecule has 0 fully saturated rings. The van der Waals surface area contributed by atoms with Crippen molar-refractivity contribution < 1.29 is 23.1 Å². The van der Waals surface area contributed by atoms with E-state index in [9.17, 15) is 9.18 Å². The van der Waals surface area contributed by atoms with E-state index in [1.165, 1.54) is 12.1 Å². The van der Waals surface area contributed by atoms with E-state index in [1.807, 2.05) is 0 Å². The molecule has 0 atom stereocenters. The zero-order valence-electron chi connectivity index (χ0n) is 13.5. The van der Waals surface area contributed by atoms with Gasteiger partial charge in [0.1, 0.15) is 35.1 Å². The van der Waals surface area contributed by atoms with E-state index < -0.39 is 5.97 Å². The summed E-state index contributed by atoms with van der Waals surface area (Å²) in [5.74, 6) is 0.349. The molecule has 1 heterocycles. The first-order valence-corrected chi connectivity index (χ1v) is 7.66. The van der Waals surface area contributed by atoms with Crippen molar-refractivity contribution in [3.05, 3.63) is 65.2 Å². The smallest absolute Gasteiger partial charge is 0.342 e. The zero-order chi connectivity index (χ0) is 17.1. The Balaban J connectivity index is 1.87. The van der Waals surface area contributed by atoms with Gasteiger partial charge in [0.2, 0.25) is 0 Å². The number of rotatable bonds is 5. The number of aryl methyl sites for hydroxylation is 1. The highest BCUT2D eigenvalue weighted by molar-refractivity contribution is 6.04. The molecule has 0 aliphatic carbocycles. The van der Waals surface area contributed by atoms with Gasteiger partial charge in [-0.1, -0.05) is 12.1 Å². The Hall–Kier alpha value is -2.82. The van der Waals surface area contributed by atoms with Crippen LogP contribution in [0.25, 0.3) is 11.0 Å². The minimum absolute atomic E-state index is 0.231. The third-order valence-electron chi connectivity index (χ3n) is 3.61. The molecule has 5 heteroatoms. The molecule has 0 saturated carbocycles. The fourth-order valence-corrected chi connectivity index (χ4v) is 2.54. The summed E-state index contributed by atoms with van der Waals surface area (Å²) in [4.78, 5) is 12.1. The lowest BCUT2D eigenvalue weighted by molar-refractivity contribution is 0.0526. The van der Waals surface area contributed by atoms with Crippen molar-refractivity contribution in [1.82, 2.24) is 0 Å². The monoisotopic (exact) mass is 328 g/mol. The maximum atomic E-state index is 13.2. The Morgan fingerprint density at radius 2 is 2.04 bits per heavy atom. The van der Waals surface area contributed by atoms with Crippen molar-refractivity contribution in [2.45, 2.75) is 20.5 Å². The van der Waals surface area contributed by atoms with Gasteiger partial charge in [-0.3, -0.25) is 0 Å². The van der Waals surface area contributed by atoms with Crippen LogP contribution in [0, 0.1) is 12.7 Å². The van der Waals surface area contributed by atoms with Gasteiger partial charge in [-0.25, -0.2) is 9.18 Å². The molecule has 0 radical (unpaired) electrons. The molecule has 3 aromatic rings. The predicted molar refractivity (Wildman–Crippen MR) is 87.6 cm³/mol. The second kappa shape index (κ2) is 6.74. The van der Waals surface area contributed by atoms with E-state index in [4.69, 9.17) is 13.9 Å². The number of carbonyl (C=O) groups is 1. The number of esters is 1. The van der Waals surface area contributed by atoms with E-state index in [0.717, 1.165) is 5.56 Å². The van der Waals surface area contributed by atoms with Gasteiger partial charge in [0.05, 0.1) is 6.61 Å². The highest BCUT2D eigenvalue weighted by Crippen LogP contribution is 2.30. The first-order valence-electron chi connectivity index (χ1n) is 7.66. The van der Waals surface area contributed by atoms with Crippen LogP contribution in [-0.4, -0.2) is 12.6 Å². The van der Waals surface area contributed by atoms with Crippen LogP contribution in [0.1, 0.15) is 28.6 Å². The molecule has 0 aliphatic rings. The quantitative estimate of drug-likeness (QED) is 0.640. The maximum absolute atomic E-state index is 13.2. The summed E-state index contributed by atoms with van der Waals surface area (Å²) in [6, 6.07) is 11.5.